The minimum Gasteiger partial charge on any atom is -0.377 e. The molecule has 0 aliphatic carbocycles. The lowest BCUT2D eigenvalue weighted by atomic mass is 10.1. The number of hydrogen-bond acceptors (Lipinski definition) is 3. The summed E-state index contributed by atoms with van der Waals surface area (Å²) in [6.45, 7) is 9.78. The van der Waals surface area contributed by atoms with Gasteiger partial charge in [-0.3, -0.25) is 0 Å². The number of likely N-dealkylation sites (N-methyl/N-ethyl adjacent to an activating group) is 1. The van der Waals surface area contributed by atoms with Crippen molar-refractivity contribution >= 4 is 21.6 Å². The van der Waals surface area contributed by atoms with Crippen LogP contribution in [0.25, 0.3) is 0 Å². The molecular weight excluding hydrogens is 304 g/mol. The average molecular weight is 329 g/mol. The van der Waals surface area contributed by atoms with Crippen molar-refractivity contribution in [2.75, 3.05) is 31.6 Å². The zero-order chi connectivity index (χ0) is 14.3. The van der Waals surface area contributed by atoms with E-state index in [2.05, 4.69) is 72.2 Å². The predicted octanol–water partition coefficient (Wildman–Crippen LogP) is 3.42. The largest absolute Gasteiger partial charge is 0.377 e. The summed E-state index contributed by atoms with van der Waals surface area (Å²) in [7, 11) is 2.11. The lowest BCUT2D eigenvalue weighted by Crippen LogP contribution is -2.26. The van der Waals surface area contributed by atoms with Crippen molar-refractivity contribution in [3.05, 3.63) is 28.2 Å². The third-order valence-corrected chi connectivity index (χ3v) is 3.40. The van der Waals surface area contributed by atoms with E-state index in [9.17, 15) is 0 Å². The van der Waals surface area contributed by atoms with Crippen LogP contribution in [0.5, 0.6) is 0 Å². The molecule has 0 spiro atoms. The van der Waals surface area contributed by atoms with Crippen molar-refractivity contribution in [1.29, 1.82) is 0 Å². The minimum atomic E-state index is 0.289. The van der Waals surface area contributed by atoms with E-state index < -0.39 is 0 Å². The summed E-state index contributed by atoms with van der Waals surface area (Å²) in [5.41, 5.74) is 2.57. The van der Waals surface area contributed by atoms with Gasteiger partial charge in [-0.25, -0.2) is 0 Å². The van der Waals surface area contributed by atoms with Crippen molar-refractivity contribution < 1.29 is 4.74 Å². The second-order valence-corrected chi connectivity index (χ2v) is 5.81. The Hall–Kier alpha value is -0.580. The predicted molar refractivity (Wildman–Crippen MR) is 85.9 cm³/mol. The first-order valence-corrected chi connectivity index (χ1v) is 7.65. The van der Waals surface area contributed by atoms with E-state index in [1.807, 2.05) is 0 Å². The fourth-order valence-corrected chi connectivity index (χ4v) is 2.20. The van der Waals surface area contributed by atoms with Crippen LogP contribution >= 0.6 is 15.9 Å². The molecule has 1 aromatic carbocycles. The fourth-order valence-electron chi connectivity index (χ4n) is 1.85. The SMILES string of the molecule is CCNCc1ccc(Br)cc1N(C)CCOC(C)C. The topological polar surface area (TPSA) is 24.5 Å². The number of nitrogens with zero attached hydrogens (tertiary/aromatic N) is 1. The van der Waals surface area contributed by atoms with Crippen LogP contribution in [-0.4, -0.2) is 32.8 Å². The van der Waals surface area contributed by atoms with Gasteiger partial charge in [-0.2, -0.15) is 0 Å². The van der Waals surface area contributed by atoms with Crippen LogP contribution in [0, 0.1) is 0 Å². The highest BCUT2D eigenvalue weighted by Crippen LogP contribution is 2.24. The smallest absolute Gasteiger partial charge is 0.0644 e. The van der Waals surface area contributed by atoms with Crippen LogP contribution in [0.4, 0.5) is 5.69 Å². The Balaban J connectivity index is 2.69. The molecule has 4 heteroatoms. The van der Waals surface area contributed by atoms with Gasteiger partial charge >= 0.3 is 0 Å². The molecule has 19 heavy (non-hydrogen) atoms. The third-order valence-electron chi connectivity index (χ3n) is 2.90. The molecular formula is C15H25BrN2O. The molecule has 0 radical (unpaired) electrons. The molecule has 0 aliphatic rings. The molecule has 0 fully saturated rings. The number of halogens is 1. The fraction of sp³-hybridized carbons (Fsp3) is 0.600. The molecule has 0 bridgehead atoms. The maximum atomic E-state index is 5.62. The monoisotopic (exact) mass is 328 g/mol. The number of hydrogen-bond donors (Lipinski definition) is 1. The molecule has 0 heterocycles. The number of benzene rings is 1. The summed E-state index contributed by atoms with van der Waals surface area (Å²) in [6, 6.07) is 6.43. The van der Waals surface area contributed by atoms with Gasteiger partial charge in [0, 0.05) is 30.3 Å². The molecule has 108 valence electrons. The first-order chi connectivity index (χ1) is 9.04. The van der Waals surface area contributed by atoms with Gasteiger partial charge in [0.1, 0.15) is 0 Å². The highest BCUT2D eigenvalue weighted by Gasteiger charge is 2.08. The van der Waals surface area contributed by atoms with E-state index in [-0.39, 0.29) is 6.10 Å². The van der Waals surface area contributed by atoms with Crippen LogP contribution in [0.2, 0.25) is 0 Å². The number of anilines is 1. The van der Waals surface area contributed by atoms with E-state index in [1.165, 1.54) is 11.3 Å². The minimum absolute atomic E-state index is 0.289. The van der Waals surface area contributed by atoms with Gasteiger partial charge in [0.25, 0.3) is 0 Å². The maximum absolute atomic E-state index is 5.62. The van der Waals surface area contributed by atoms with E-state index in [0.717, 1.165) is 30.7 Å². The van der Waals surface area contributed by atoms with E-state index >= 15 is 0 Å². The van der Waals surface area contributed by atoms with Gasteiger partial charge in [0.15, 0.2) is 0 Å². The third kappa shape index (κ3) is 5.93. The molecule has 3 nitrogen and oxygen atoms in total. The standard InChI is InChI=1S/C15H25BrN2O/c1-5-17-11-13-6-7-14(16)10-15(13)18(4)8-9-19-12(2)3/h6-7,10,12,17H,5,8-9,11H2,1-4H3. The Bertz CT molecular complexity index is 382. The summed E-state index contributed by atoms with van der Waals surface area (Å²) >= 11 is 3.55. The van der Waals surface area contributed by atoms with Gasteiger partial charge in [-0.15, -0.1) is 0 Å². The molecule has 0 aliphatic heterocycles. The molecule has 0 saturated carbocycles. The Morgan fingerprint density at radius 1 is 1.37 bits per heavy atom. The Kier molecular flexibility index (Phi) is 7.42. The Morgan fingerprint density at radius 2 is 2.11 bits per heavy atom. The van der Waals surface area contributed by atoms with E-state index in [0.29, 0.717) is 0 Å². The van der Waals surface area contributed by atoms with Crippen LogP contribution < -0.4 is 10.2 Å². The first-order valence-electron chi connectivity index (χ1n) is 6.86. The highest BCUT2D eigenvalue weighted by molar-refractivity contribution is 9.10. The number of nitrogens with one attached hydrogen (secondary N) is 1. The zero-order valence-corrected chi connectivity index (χ0v) is 14.0. The van der Waals surface area contributed by atoms with Gasteiger partial charge in [-0.05, 0) is 38.1 Å². The van der Waals surface area contributed by atoms with Crippen molar-refractivity contribution in [2.24, 2.45) is 0 Å². The Morgan fingerprint density at radius 3 is 2.74 bits per heavy atom. The molecule has 0 amide bonds. The van der Waals surface area contributed by atoms with Crippen molar-refractivity contribution in [3.63, 3.8) is 0 Å². The lowest BCUT2D eigenvalue weighted by Gasteiger charge is -2.23. The van der Waals surface area contributed by atoms with Gasteiger partial charge in [-0.1, -0.05) is 28.9 Å². The van der Waals surface area contributed by atoms with Gasteiger partial charge < -0.3 is 15.0 Å². The summed E-state index contributed by atoms with van der Waals surface area (Å²) in [5, 5.41) is 3.38. The zero-order valence-electron chi connectivity index (χ0n) is 12.4. The van der Waals surface area contributed by atoms with Crippen LogP contribution in [0.15, 0.2) is 22.7 Å². The van der Waals surface area contributed by atoms with E-state index in [1.54, 1.807) is 0 Å². The summed E-state index contributed by atoms with van der Waals surface area (Å²) in [4.78, 5) is 2.25. The molecule has 0 atom stereocenters. The van der Waals surface area contributed by atoms with E-state index in [4.69, 9.17) is 4.74 Å². The maximum Gasteiger partial charge on any atom is 0.0644 e. The normalized spacial score (nSPS) is 11.1. The molecule has 1 N–H and O–H groups in total. The number of ether oxygens (including phenoxy) is 1. The summed E-state index contributed by atoms with van der Waals surface area (Å²) in [6.07, 6.45) is 0.289. The molecule has 0 unspecified atom stereocenters. The van der Waals surface area contributed by atoms with Gasteiger partial charge in [0.05, 0.1) is 12.7 Å². The molecule has 1 aromatic rings. The van der Waals surface area contributed by atoms with Crippen LogP contribution in [-0.2, 0) is 11.3 Å². The molecule has 0 saturated heterocycles. The molecule has 1 rings (SSSR count). The number of rotatable bonds is 8. The quantitative estimate of drug-likeness (QED) is 0.791. The highest BCUT2D eigenvalue weighted by atomic mass is 79.9. The van der Waals surface area contributed by atoms with Crippen LogP contribution in [0.3, 0.4) is 0 Å². The van der Waals surface area contributed by atoms with Gasteiger partial charge in [0.2, 0.25) is 0 Å². The second-order valence-electron chi connectivity index (χ2n) is 4.89. The summed E-state index contributed by atoms with van der Waals surface area (Å²) < 4.78 is 6.73. The van der Waals surface area contributed by atoms with Crippen LogP contribution in [0.1, 0.15) is 26.3 Å². The van der Waals surface area contributed by atoms with Crippen molar-refractivity contribution in [3.8, 4) is 0 Å². The van der Waals surface area contributed by atoms with Crippen molar-refractivity contribution in [1.82, 2.24) is 5.32 Å². The molecule has 0 aromatic heterocycles. The first kappa shape index (κ1) is 16.5. The van der Waals surface area contributed by atoms with Crippen molar-refractivity contribution in [2.45, 2.75) is 33.4 Å². The average Bonchev–Trinajstić information content (AvgIpc) is 2.36. The lowest BCUT2D eigenvalue weighted by molar-refractivity contribution is 0.0846. The summed E-state index contributed by atoms with van der Waals surface area (Å²) in [5.74, 6) is 0. The Labute approximate surface area is 125 Å². The second kappa shape index (κ2) is 8.56.